The molecule has 0 amide bonds. The smallest absolute Gasteiger partial charge is 0.291 e. The highest BCUT2D eigenvalue weighted by Crippen LogP contribution is 2.26. The average molecular weight is 310 g/mol. The van der Waals surface area contributed by atoms with Crippen LogP contribution in [-0.2, 0) is 19.5 Å². The van der Waals surface area contributed by atoms with Crippen LogP contribution in [0.4, 0.5) is 10.3 Å². The molecule has 3 aromatic rings. The number of benzene rings is 2. The van der Waals surface area contributed by atoms with Crippen LogP contribution in [0, 0.1) is 5.82 Å². The summed E-state index contributed by atoms with van der Waals surface area (Å²) in [4.78, 5) is 12.6. The molecule has 1 aliphatic heterocycles. The molecule has 1 aliphatic rings. The lowest BCUT2D eigenvalue weighted by atomic mass is 10.1. The van der Waals surface area contributed by atoms with E-state index < -0.39 is 0 Å². The SMILES string of the molecule is CNc1n(CC(=O)c2ccc(F)cc2)c2cccc3c2[n+]1CC3. The van der Waals surface area contributed by atoms with Crippen LogP contribution in [0.15, 0.2) is 42.5 Å². The zero-order valence-electron chi connectivity index (χ0n) is 12.8. The summed E-state index contributed by atoms with van der Waals surface area (Å²) in [6.45, 7) is 1.15. The van der Waals surface area contributed by atoms with Gasteiger partial charge in [0.25, 0.3) is 0 Å². The van der Waals surface area contributed by atoms with Crippen molar-refractivity contribution >= 4 is 22.8 Å². The van der Waals surface area contributed by atoms with Gasteiger partial charge in [-0.15, -0.1) is 0 Å². The van der Waals surface area contributed by atoms with Gasteiger partial charge in [0.2, 0.25) is 0 Å². The number of ketones is 1. The minimum absolute atomic E-state index is 0.0310. The molecule has 116 valence electrons. The number of halogens is 1. The number of anilines is 1. The number of Topliss-reactive ketones (excluding diaryl/α,β-unsaturated/α-hetero) is 1. The van der Waals surface area contributed by atoms with E-state index >= 15 is 0 Å². The summed E-state index contributed by atoms with van der Waals surface area (Å²) in [6.07, 6.45) is 1.02. The number of aromatic nitrogens is 2. The fourth-order valence-corrected chi connectivity index (χ4v) is 3.43. The first kappa shape index (κ1) is 13.9. The maximum atomic E-state index is 13.0. The molecule has 0 saturated carbocycles. The van der Waals surface area contributed by atoms with Crippen molar-refractivity contribution in [3.8, 4) is 0 Å². The van der Waals surface area contributed by atoms with Crippen molar-refractivity contribution in [1.82, 2.24) is 4.57 Å². The third-order valence-electron chi connectivity index (χ3n) is 4.47. The van der Waals surface area contributed by atoms with Gasteiger partial charge in [0.15, 0.2) is 5.78 Å². The van der Waals surface area contributed by atoms with Gasteiger partial charge in [-0.3, -0.25) is 10.1 Å². The quantitative estimate of drug-likeness (QED) is 0.594. The fourth-order valence-electron chi connectivity index (χ4n) is 3.43. The summed E-state index contributed by atoms with van der Waals surface area (Å²) in [7, 11) is 1.87. The van der Waals surface area contributed by atoms with Crippen LogP contribution >= 0.6 is 0 Å². The molecule has 2 heterocycles. The van der Waals surface area contributed by atoms with Crippen molar-refractivity contribution in [3.05, 3.63) is 59.4 Å². The largest absolute Gasteiger partial charge is 0.358 e. The van der Waals surface area contributed by atoms with Gasteiger partial charge in [0.1, 0.15) is 23.4 Å². The number of imidazole rings is 1. The summed E-state index contributed by atoms with van der Waals surface area (Å²) < 4.78 is 17.3. The van der Waals surface area contributed by atoms with Gasteiger partial charge < -0.3 is 0 Å². The summed E-state index contributed by atoms with van der Waals surface area (Å²) in [5, 5.41) is 3.22. The van der Waals surface area contributed by atoms with Crippen molar-refractivity contribution < 1.29 is 13.8 Å². The Morgan fingerprint density at radius 1 is 1.26 bits per heavy atom. The lowest BCUT2D eigenvalue weighted by Crippen LogP contribution is -2.34. The molecule has 1 N–H and O–H groups in total. The molecule has 1 aromatic heterocycles. The van der Waals surface area contributed by atoms with Crippen LogP contribution in [0.1, 0.15) is 15.9 Å². The number of nitrogens with zero attached hydrogens (tertiary/aromatic N) is 2. The number of carbonyl (C=O) groups excluding carboxylic acids is 1. The van der Waals surface area contributed by atoms with E-state index in [1.54, 1.807) is 0 Å². The monoisotopic (exact) mass is 310 g/mol. The van der Waals surface area contributed by atoms with Gasteiger partial charge in [-0.25, -0.2) is 13.5 Å². The summed E-state index contributed by atoms with van der Waals surface area (Å²) in [5.74, 6) is 0.567. The number of hydrogen-bond acceptors (Lipinski definition) is 2. The highest BCUT2D eigenvalue weighted by atomic mass is 19.1. The maximum absolute atomic E-state index is 13.0. The van der Waals surface area contributed by atoms with Gasteiger partial charge in [-0.2, -0.15) is 0 Å². The number of para-hydroxylation sites is 1. The van der Waals surface area contributed by atoms with E-state index in [9.17, 15) is 9.18 Å². The Balaban J connectivity index is 1.79. The van der Waals surface area contributed by atoms with Gasteiger partial charge in [0, 0.05) is 12.0 Å². The molecular formula is C18H17FN3O+. The van der Waals surface area contributed by atoms with Crippen LogP contribution in [-0.4, -0.2) is 17.4 Å². The van der Waals surface area contributed by atoms with Gasteiger partial charge >= 0.3 is 5.95 Å². The van der Waals surface area contributed by atoms with E-state index in [1.165, 1.54) is 35.3 Å². The first-order chi connectivity index (χ1) is 11.2. The number of nitrogens with one attached hydrogen (secondary N) is 1. The third-order valence-corrected chi connectivity index (χ3v) is 4.47. The molecule has 2 aromatic carbocycles. The highest BCUT2D eigenvalue weighted by Gasteiger charge is 2.29. The number of carbonyl (C=O) groups is 1. The second-order valence-corrected chi connectivity index (χ2v) is 5.78. The fraction of sp³-hybridized carbons (Fsp3) is 0.222. The lowest BCUT2D eigenvalue weighted by Gasteiger charge is -2.05. The Bertz CT molecular complexity index is 912. The molecule has 0 bridgehead atoms. The zero-order chi connectivity index (χ0) is 16.0. The van der Waals surface area contributed by atoms with E-state index in [2.05, 4.69) is 16.0 Å². The van der Waals surface area contributed by atoms with Crippen LogP contribution < -0.4 is 9.88 Å². The molecule has 5 heteroatoms. The third kappa shape index (κ3) is 2.11. The Morgan fingerprint density at radius 3 is 2.78 bits per heavy atom. The molecule has 0 atom stereocenters. The van der Waals surface area contributed by atoms with E-state index in [0.717, 1.165) is 24.4 Å². The van der Waals surface area contributed by atoms with E-state index in [1.807, 2.05) is 23.7 Å². The van der Waals surface area contributed by atoms with Crippen molar-refractivity contribution in [2.45, 2.75) is 19.5 Å². The predicted molar refractivity (Wildman–Crippen MR) is 86.1 cm³/mol. The molecule has 0 aliphatic carbocycles. The van der Waals surface area contributed by atoms with E-state index in [0.29, 0.717) is 5.56 Å². The Kier molecular flexibility index (Phi) is 3.15. The van der Waals surface area contributed by atoms with Crippen LogP contribution in [0.25, 0.3) is 11.0 Å². The molecular weight excluding hydrogens is 293 g/mol. The van der Waals surface area contributed by atoms with Crippen LogP contribution in [0.3, 0.4) is 0 Å². The molecule has 0 saturated heterocycles. The lowest BCUT2D eigenvalue weighted by molar-refractivity contribution is -0.650. The molecule has 4 nitrogen and oxygen atoms in total. The molecule has 0 radical (unpaired) electrons. The minimum atomic E-state index is -0.333. The predicted octanol–water partition coefficient (Wildman–Crippen LogP) is 2.55. The molecule has 0 fully saturated rings. The first-order valence-corrected chi connectivity index (χ1v) is 7.69. The Hall–Kier alpha value is -2.69. The average Bonchev–Trinajstić information content (AvgIpc) is 3.11. The second kappa shape index (κ2) is 5.19. The van der Waals surface area contributed by atoms with Gasteiger partial charge in [0.05, 0.1) is 13.6 Å². The maximum Gasteiger partial charge on any atom is 0.358 e. The highest BCUT2D eigenvalue weighted by molar-refractivity contribution is 5.97. The first-order valence-electron chi connectivity index (χ1n) is 7.69. The Morgan fingerprint density at radius 2 is 2.04 bits per heavy atom. The van der Waals surface area contributed by atoms with E-state index in [4.69, 9.17) is 0 Å². The Labute approximate surface area is 133 Å². The minimum Gasteiger partial charge on any atom is -0.291 e. The van der Waals surface area contributed by atoms with Gasteiger partial charge in [-0.05, 0) is 35.9 Å². The summed E-state index contributed by atoms with van der Waals surface area (Å²) >= 11 is 0. The topological polar surface area (TPSA) is 37.9 Å². The van der Waals surface area contributed by atoms with E-state index in [-0.39, 0.29) is 18.1 Å². The van der Waals surface area contributed by atoms with Crippen molar-refractivity contribution in [1.29, 1.82) is 0 Å². The van der Waals surface area contributed by atoms with Crippen LogP contribution in [0.5, 0.6) is 0 Å². The molecule has 23 heavy (non-hydrogen) atoms. The zero-order valence-corrected chi connectivity index (χ0v) is 12.8. The van der Waals surface area contributed by atoms with Crippen molar-refractivity contribution in [2.24, 2.45) is 0 Å². The van der Waals surface area contributed by atoms with Crippen LogP contribution in [0.2, 0.25) is 0 Å². The molecule has 4 rings (SSSR count). The summed E-state index contributed by atoms with van der Waals surface area (Å²) in [6, 6.07) is 11.9. The number of aryl methyl sites for hydroxylation is 2. The summed E-state index contributed by atoms with van der Waals surface area (Å²) in [5.41, 5.74) is 4.09. The number of rotatable bonds is 4. The molecule has 0 unspecified atom stereocenters. The normalized spacial score (nSPS) is 12.8. The second-order valence-electron chi connectivity index (χ2n) is 5.78. The van der Waals surface area contributed by atoms with Crippen molar-refractivity contribution in [3.63, 3.8) is 0 Å². The standard InChI is InChI=1S/C18H16FN3O/c1-20-18-21-10-9-13-3-2-4-15(17(13)21)22(18)11-16(23)12-5-7-14(19)8-6-12/h2-8H,9-11H2,1H3/p+1. The van der Waals surface area contributed by atoms with Crippen molar-refractivity contribution in [2.75, 3.05) is 12.4 Å². The number of hydrogen-bond donors (Lipinski definition) is 1. The molecule has 0 spiro atoms. The van der Waals surface area contributed by atoms with Gasteiger partial charge in [-0.1, -0.05) is 12.1 Å².